The highest BCUT2D eigenvalue weighted by Gasteiger charge is 2.18. The summed E-state index contributed by atoms with van der Waals surface area (Å²) >= 11 is 1.01. The lowest BCUT2D eigenvalue weighted by Crippen LogP contribution is -2.22. The minimum atomic E-state index is -0.560. The third-order valence-corrected chi connectivity index (χ3v) is 5.89. The van der Waals surface area contributed by atoms with Gasteiger partial charge in [0.2, 0.25) is 0 Å². The number of ether oxygens (including phenoxy) is 1. The molecule has 0 amide bonds. The van der Waals surface area contributed by atoms with E-state index in [1.165, 1.54) is 29.9 Å². The van der Waals surface area contributed by atoms with E-state index in [0.29, 0.717) is 22.2 Å². The summed E-state index contributed by atoms with van der Waals surface area (Å²) in [6.07, 6.45) is 0. The Balaban J connectivity index is 1.78. The molecule has 0 atom stereocenters. The van der Waals surface area contributed by atoms with Crippen molar-refractivity contribution >= 4 is 28.4 Å². The highest BCUT2D eigenvalue weighted by molar-refractivity contribution is 7.99. The molecule has 1 aromatic heterocycles. The Labute approximate surface area is 186 Å². The van der Waals surface area contributed by atoms with Crippen LogP contribution in [0.1, 0.15) is 15.9 Å². The molecule has 162 valence electrons. The largest absolute Gasteiger partial charge is 0.496 e. The van der Waals surface area contributed by atoms with Gasteiger partial charge in [-0.25, -0.2) is 13.8 Å². The first kappa shape index (κ1) is 21.7. The van der Waals surface area contributed by atoms with Crippen LogP contribution >= 0.6 is 11.8 Å². The second-order valence-electron chi connectivity index (χ2n) is 7.04. The number of aryl methyl sites for hydroxylation is 1. The molecule has 0 spiro atoms. The number of rotatable bonds is 6. The minimum absolute atomic E-state index is 0.0936. The van der Waals surface area contributed by atoms with Crippen LogP contribution in [-0.4, -0.2) is 28.2 Å². The van der Waals surface area contributed by atoms with E-state index in [4.69, 9.17) is 4.74 Å². The van der Waals surface area contributed by atoms with Crippen molar-refractivity contribution in [3.05, 3.63) is 93.8 Å². The summed E-state index contributed by atoms with van der Waals surface area (Å²) < 4.78 is 34.4. The summed E-state index contributed by atoms with van der Waals surface area (Å²) in [5.41, 5.74) is 0.917. The fraction of sp³-hybridized carbons (Fsp3) is 0.125. The number of hydrogen-bond acceptors (Lipinski definition) is 5. The lowest BCUT2D eigenvalue weighted by molar-refractivity contribution is 0.101. The van der Waals surface area contributed by atoms with Gasteiger partial charge < -0.3 is 4.74 Å². The van der Waals surface area contributed by atoms with E-state index in [9.17, 15) is 18.4 Å². The number of thioether (sulfide) groups is 1. The molecule has 0 unspecified atom stereocenters. The van der Waals surface area contributed by atoms with Crippen LogP contribution in [-0.2, 0) is 0 Å². The molecule has 0 aliphatic heterocycles. The molecular formula is C24H18F2N2O3S. The Bertz CT molecular complexity index is 1400. The summed E-state index contributed by atoms with van der Waals surface area (Å²) in [4.78, 5) is 30.6. The minimum Gasteiger partial charge on any atom is -0.496 e. The third kappa shape index (κ3) is 4.13. The van der Waals surface area contributed by atoms with Crippen LogP contribution in [0.4, 0.5) is 8.78 Å². The van der Waals surface area contributed by atoms with Crippen LogP contribution in [0.3, 0.4) is 0 Å². The first-order valence-electron chi connectivity index (χ1n) is 9.67. The average Bonchev–Trinajstić information content (AvgIpc) is 2.79. The number of carbonyl (C=O) groups excluding carboxylic acids is 1. The van der Waals surface area contributed by atoms with Gasteiger partial charge in [0, 0.05) is 0 Å². The zero-order valence-corrected chi connectivity index (χ0v) is 18.1. The number of Topliss-reactive ketones (excluding diaryl/α,β-unsaturated/α-hetero) is 1. The molecule has 0 fully saturated rings. The smallest absolute Gasteiger partial charge is 0.266 e. The monoisotopic (exact) mass is 452 g/mol. The van der Waals surface area contributed by atoms with Gasteiger partial charge in [0.15, 0.2) is 10.9 Å². The zero-order chi connectivity index (χ0) is 22.8. The Hall–Kier alpha value is -3.52. The standard InChI is InChI=1S/C24H18F2N2O3S/c1-14-7-9-16(12-19(14)26)28-23(30)17-5-3-4-6-20(17)27-24(28)32-13-21(29)18-11-15(25)8-10-22(18)31-2/h3-12H,13H2,1-2H3. The van der Waals surface area contributed by atoms with Crippen molar-refractivity contribution in [3.8, 4) is 11.4 Å². The number of aromatic nitrogens is 2. The fourth-order valence-corrected chi connectivity index (χ4v) is 4.16. The molecule has 3 aromatic carbocycles. The van der Waals surface area contributed by atoms with E-state index < -0.39 is 17.4 Å². The van der Waals surface area contributed by atoms with Crippen molar-refractivity contribution < 1.29 is 18.3 Å². The molecule has 0 aliphatic rings. The maximum Gasteiger partial charge on any atom is 0.266 e. The van der Waals surface area contributed by atoms with Gasteiger partial charge in [0.1, 0.15) is 17.4 Å². The first-order chi connectivity index (χ1) is 15.4. The number of halogens is 2. The van der Waals surface area contributed by atoms with Gasteiger partial charge in [0.05, 0.1) is 35.0 Å². The van der Waals surface area contributed by atoms with Gasteiger partial charge in [-0.15, -0.1) is 0 Å². The number of ketones is 1. The summed E-state index contributed by atoms with van der Waals surface area (Å²) in [5, 5.41) is 0.594. The molecule has 4 rings (SSSR count). The SMILES string of the molecule is COc1ccc(F)cc1C(=O)CSc1nc2ccccc2c(=O)n1-c1ccc(C)c(F)c1. The van der Waals surface area contributed by atoms with Crippen LogP contribution in [0.2, 0.25) is 0 Å². The maximum atomic E-state index is 14.3. The zero-order valence-electron chi connectivity index (χ0n) is 17.3. The van der Waals surface area contributed by atoms with E-state index in [1.807, 2.05) is 0 Å². The van der Waals surface area contributed by atoms with Crippen molar-refractivity contribution in [1.82, 2.24) is 9.55 Å². The average molecular weight is 452 g/mol. The van der Waals surface area contributed by atoms with Gasteiger partial charge >= 0.3 is 0 Å². The molecule has 0 aliphatic carbocycles. The molecule has 0 saturated heterocycles. The number of para-hydroxylation sites is 1. The Kier molecular flexibility index (Phi) is 6.05. The fourth-order valence-electron chi connectivity index (χ4n) is 3.26. The lowest BCUT2D eigenvalue weighted by Gasteiger charge is -2.14. The molecule has 5 nitrogen and oxygen atoms in total. The third-order valence-electron chi connectivity index (χ3n) is 4.95. The summed E-state index contributed by atoms with van der Waals surface area (Å²) in [6, 6.07) is 15.0. The molecule has 0 N–H and O–H groups in total. The molecule has 32 heavy (non-hydrogen) atoms. The number of fused-ring (bicyclic) bond motifs is 1. The van der Waals surface area contributed by atoms with E-state index in [0.717, 1.165) is 17.8 Å². The van der Waals surface area contributed by atoms with Crippen molar-refractivity contribution in [3.63, 3.8) is 0 Å². The highest BCUT2D eigenvalue weighted by atomic mass is 32.2. The van der Waals surface area contributed by atoms with Crippen LogP contribution in [0.15, 0.2) is 70.6 Å². The van der Waals surface area contributed by atoms with Gasteiger partial charge in [0.25, 0.3) is 5.56 Å². The maximum absolute atomic E-state index is 14.3. The Morgan fingerprint density at radius 2 is 1.88 bits per heavy atom. The number of nitrogens with zero attached hydrogens (tertiary/aromatic N) is 2. The second kappa shape index (κ2) is 8.92. The van der Waals surface area contributed by atoms with E-state index >= 15 is 0 Å². The molecule has 8 heteroatoms. The summed E-state index contributed by atoms with van der Waals surface area (Å²) in [6.45, 7) is 1.63. The van der Waals surface area contributed by atoms with E-state index in [1.54, 1.807) is 43.3 Å². The Morgan fingerprint density at radius 3 is 2.62 bits per heavy atom. The number of carbonyl (C=O) groups is 1. The van der Waals surface area contributed by atoms with Crippen molar-refractivity contribution in [2.45, 2.75) is 12.1 Å². The van der Waals surface area contributed by atoms with Crippen LogP contribution in [0.25, 0.3) is 16.6 Å². The molecule has 0 radical (unpaired) electrons. The molecule has 1 heterocycles. The van der Waals surface area contributed by atoms with E-state index in [-0.39, 0.29) is 27.8 Å². The number of benzene rings is 3. The van der Waals surface area contributed by atoms with Crippen LogP contribution in [0.5, 0.6) is 5.75 Å². The van der Waals surface area contributed by atoms with Crippen LogP contribution < -0.4 is 10.3 Å². The number of methoxy groups -OCH3 is 1. The normalized spacial score (nSPS) is 11.0. The molecule has 4 aromatic rings. The van der Waals surface area contributed by atoms with Crippen LogP contribution in [0, 0.1) is 18.6 Å². The van der Waals surface area contributed by atoms with Gasteiger partial charge in [-0.05, 0) is 55.0 Å². The van der Waals surface area contributed by atoms with Gasteiger partial charge in [-0.1, -0.05) is 30.0 Å². The predicted octanol–water partition coefficient (Wildman–Crippen LogP) is 4.96. The quantitative estimate of drug-likeness (QED) is 0.235. The summed E-state index contributed by atoms with van der Waals surface area (Å²) in [5.74, 6) is -1.29. The van der Waals surface area contributed by atoms with Crippen molar-refractivity contribution in [2.24, 2.45) is 0 Å². The van der Waals surface area contributed by atoms with Gasteiger partial charge in [-0.3, -0.25) is 14.2 Å². The predicted molar refractivity (Wildman–Crippen MR) is 120 cm³/mol. The molecular weight excluding hydrogens is 434 g/mol. The van der Waals surface area contributed by atoms with Gasteiger partial charge in [-0.2, -0.15) is 0 Å². The topological polar surface area (TPSA) is 61.2 Å². The second-order valence-corrected chi connectivity index (χ2v) is 7.98. The number of hydrogen-bond donors (Lipinski definition) is 0. The highest BCUT2D eigenvalue weighted by Crippen LogP contribution is 2.26. The van der Waals surface area contributed by atoms with Crippen molar-refractivity contribution in [1.29, 1.82) is 0 Å². The molecule has 0 saturated carbocycles. The van der Waals surface area contributed by atoms with Crippen molar-refractivity contribution in [2.75, 3.05) is 12.9 Å². The first-order valence-corrected chi connectivity index (χ1v) is 10.7. The van der Waals surface area contributed by atoms with E-state index in [2.05, 4.69) is 4.98 Å². The summed E-state index contributed by atoms with van der Waals surface area (Å²) in [7, 11) is 1.39. The Morgan fingerprint density at radius 1 is 1.09 bits per heavy atom. The lowest BCUT2D eigenvalue weighted by atomic mass is 10.1. The molecule has 0 bridgehead atoms.